The van der Waals surface area contributed by atoms with Crippen molar-refractivity contribution < 1.29 is 9.90 Å². The summed E-state index contributed by atoms with van der Waals surface area (Å²) in [6.45, 7) is 4.82. The number of hydrogen-bond acceptors (Lipinski definition) is 4. The molecule has 0 bridgehead atoms. The van der Waals surface area contributed by atoms with Gasteiger partial charge in [-0.2, -0.15) is 5.10 Å². The number of nitrogen functional groups attached to an aromatic ring is 1. The van der Waals surface area contributed by atoms with Gasteiger partial charge in [-0.25, -0.2) is 0 Å². The van der Waals surface area contributed by atoms with Crippen LogP contribution in [0.2, 0.25) is 0 Å². The topological polar surface area (TPSA) is 104 Å². The first kappa shape index (κ1) is 15.3. The van der Waals surface area contributed by atoms with Crippen molar-refractivity contribution in [2.75, 3.05) is 18.9 Å². The fraction of sp³-hybridized carbons (Fsp3) is 0.467. The molecule has 1 aromatic heterocycles. The molecule has 0 spiro atoms. The molecule has 21 heavy (non-hydrogen) atoms. The second kappa shape index (κ2) is 6.13. The average Bonchev–Trinajstić information content (AvgIpc) is 2.86. The molecule has 0 saturated carbocycles. The van der Waals surface area contributed by atoms with Gasteiger partial charge in [0.2, 0.25) is 0 Å². The van der Waals surface area contributed by atoms with Crippen molar-refractivity contribution >= 4 is 22.5 Å². The molecule has 1 aromatic carbocycles. The Morgan fingerprint density at radius 3 is 2.95 bits per heavy atom. The summed E-state index contributed by atoms with van der Waals surface area (Å²) in [4.78, 5) is 12.3. The zero-order valence-electron chi connectivity index (χ0n) is 12.4. The van der Waals surface area contributed by atoms with E-state index in [1.54, 1.807) is 18.2 Å². The summed E-state index contributed by atoms with van der Waals surface area (Å²) >= 11 is 0. The first-order valence-electron chi connectivity index (χ1n) is 7.05. The molecule has 0 aliphatic rings. The fourth-order valence-electron chi connectivity index (χ4n) is 2.25. The highest BCUT2D eigenvalue weighted by atomic mass is 16.2. The lowest BCUT2D eigenvalue weighted by Crippen LogP contribution is -2.34. The average molecular weight is 290 g/mol. The molecule has 1 heterocycles. The molecule has 0 aliphatic heterocycles. The monoisotopic (exact) mass is 290 g/mol. The number of anilines is 1. The standard InChI is InChI=1S/C15H22N4O2/c1-15(2,6-3-7-20)9-17-14(21)13-11-8-10(16)4-5-12(11)18-19-13/h4-5,8,20H,3,6-7,9,16H2,1-2H3,(H,17,21)(H,18,19). The van der Waals surface area contributed by atoms with Gasteiger partial charge in [0.1, 0.15) is 0 Å². The first-order valence-corrected chi connectivity index (χ1v) is 7.05. The van der Waals surface area contributed by atoms with E-state index in [-0.39, 0.29) is 17.9 Å². The van der Waals surface area contributed by atoms with Gasteiger partial charge in [-0.3, -0.25) is 9.89 Å². The predicted molar refractivity (Wildman–Crippen MR) is 82.9 cm³/mol. The van der Waals surface area contributed by atoms with Crippen molar-refractivity contribution in [3.8, 4) is 0 Å². The molecule has 0 aliphatic carbocycles. The maximum absolute atomic E-state index is 12.3. The van der Waals surface area contributed by atoms with Crippen LogP contribution in [0.25, 0.3) is 10.9 Å². The Balaban J connectivity index is 2.07. The number of fused-ring (bicyclic) bond motifs is 1. The minimum Gasteiger partial charge on any atom is -0.399 e. The summed E-state index contributed by atoms with van der Waals surface area (Å²) in [6, 6.07) is 5.31. The molecule has 0 radical (unpaired) electrons. The third-order valence-electron chi connectivity index (χ3n) is 3.54. The Labute approximate surface area is 123 Å². The predicted octanol–water partition coefficient (Wildman–Crippen LogP) is 1.67. The van der Waals surface area contributed by atoms with Crippen molar-refractivity contribution in [2.45, 2.75) is 26.7 Å². The quantitative estimate of drug-likeness (QED) is 0.607. The van der Waals surface area contributed by atoms with E-state index >= 15 is 0 Å². The van der Waals surface area contributed by atoms with Gasteiger partial charge in [0.05, 0.1) is 5.52 Å². The Hall–Kier alpha value is -2.08. The molecular formula is C15H22N4O2. The van der Waals surface area contributed by atoms with Gasteiger partial charge in [0.25, 0.3) is 5.91 Å². The van der Waals surface area contributed by atoms with Crippen molar-refractivity contribution in [3.63, 3.8) is 0 Å². The molecule has 114 valence electrons. The zero-order valence-corrected chi connectivity index (χ0v) is 12.4. The number of aliphatic hydroxyl groups is 1. The van der Waals surface area contributed by atoms with Crippen LogP contribution in [0.4, 0.5) is 5.69 Å². The van der Waals surface area contributed by atoms with Crippen LogP contribution in [0.5, 0.6) is 0 Å². The molecule has 6 heteroatoms. The summed E-state index contributed by atoms with van der Waals surface area (Å²) in [6.07, 6.45) is 1.57. The summed E-state index contributed by atoms with van der Waals surface area (Å²) in [5, 5.41) is 19.4. The molecular weight excluding hydrogens is 268 g/mol. The molecule has 2 aromatic rings. The van der Waals surface area contributed by atoms with Gasteiger partial charge < -0.3 is 16.2 Å². The van der Waals surface area contributed by atoms with E-state index in [9.17, 15) is 4.79 Å². The maximum Gasteiger partial charge on any atom is 0.272 e. The van der Waals surface area contributed by atoms with Crippen LogP contribution in [-0.2, 0) is 0 Å². The number of nitrogens with two attached hydrogens (primary N) is 1. The number of benzene rings is 1. The fourth-order valence-corrected chi connectivity index (χ4v) is 2.25. The largest absolute Gasteiger partial charge is 0.399 e. The van der Waals surface area contributed by atoms with Crippen LogP contribution in [-0.4, -0.2) is 34.4 Å². The molecule has 2 rings (SSSR count). The number of H-pyrrole nitrogens is 1. The van der Waals surface area contributed by atoms with Crippen molar-refractivity contribution in [2.24, 2.45) is 5.41 Å². The lowest BCUT2D eigenvalue weighted by Gasteiger charge is -2.24. The van der Waals surface area contributed by atoms with Crippen LogP contribution in [0.15, 0.2) is 18.2 Å². The van der Waals surface area contributed by atoms with Crippen LogP contribution in [0.3, 0.4) is 0 Å². The Kier molecular flexibility index (Phi) is 4.47. The van der Waals surface area contributed by atoms with Crippen LogP contribution < -0.4 is 11.1 Å². The number of carbonyl (C=O) groups excluding carboxylic acids is 1. The first-order chi connectivity index (χ1) is 9.93. The normalized spacial score (nSPS) is 11.8. The van der Waals surface area contributed by atoms with Gasteiger partial charge in [-0.05, 0) is 36.5 Å². The number of nitrogens with zero attached hydrogens (tertiary/aromatic N) is 1. The molecule has 0 fully saturated rings. The third kappa shape index (κ3) is 3.72. The Morgan fingerprint density at radius 2 is 2.24 bits per heavy atom. The molecule has 0 saturated heterocycles. The highest BCUT2D eigenvalue weighted by Gasteiger charge is 2.20. The highest BCUT2D eigenvalue weighted by Crippen LogP contribution is 2.22. The minimum atomic E-state index is -0.219. The van der Waals surface area contributed by atoms with Gasteiger partial charge >= 0.3 is 0 Å². The summed E-state index contributed by atoms with van der Waals surface area (Å²) < 4.78 is 0. The third-order valence-corrected chi connectivity index (χ3v) is 3.54. The number of hydrogen-bond donors (Lipinski definition) is 4. The molecule has 5 N–H and O–H groups in total. The van der Waals surface area contributed by atoms with E-state index in [2.05, 4.69) is 29.4 Å². The summed E-state index contributed by atoms with van der Waals surface area (Å²) in [5.74, 6) is -0.219. The minimum absolute atomic E-state index is 0.0659. The van der Waals surface area contributed by atoms with E-state index in [0.717, 1.165) is 23.7 Å². The smallest absolute Gasteiger partial charge is 0.272 e. The second-order valence-electron chi connectivity index (χ2n) is 6.05. The number of aromatic nitrogens is 2. The van der Waals surface area contributed by atoms with Crippen LogP contribution >= 0.6 is 0 Å². The SMILES string of the molecule is CC(C)(CCCO)CNC(=O)c1n[nH]c2ccc(N)cc12. The van der Waals surface area contributed by atoms with Crippen LogP contribution in [0, 0.1) is 5.41 Å². The highest BCUT2D eigenvalue weighted by molar-refractivity contribution is 6.05. The number of rotatable bonds is 6. The van der Waals surface area contributed by atoms with E-state index < -0.39 is 0 Å². The van der Waals surface area contributed by atoms with Gasteiger partial charge in [-0.15, -0.1) is 0 Å². The number of amides is 1. The van der Waals surface area contributed by atoms with E-state index in [1.807, 2.05) is 0 Å². The zero-order chi connectivity index (χ0) is 15.5. The number of aromatic amines is 1. The number of nitrogens with one attached hydrogen (secondary N) is 2. The van der Waals surface area contributed by atoms with Crippen molar-refractivity contribution in [1.29, 1.82) is 0 Å². The number of aliphatic hydroxyl groups excluding tert-OH is 1. The van der Waals surface area contributed by atoms with E-state index in [1.165, 1.54) is 0 Å². The maximum atomic E-state index is 12.3. The lowest BCUT2D eigenvalue weighted by atomic mass is 9.88. The molecule has 0 atom stereocenters. The summed E-state index contributed by atoms with van der Waals surface area (Å²) in [7, 11) is 0. The van der Waals surface area contributed by atoms with E-state index in [0.29, 0.717) is 17.9 Å². The van der Waals surface area contributed by atoms with Crippen molar-refractivity contribution in [3.05, 3.63) is 23.9 Å². The van der Waals surface area contributed by atoms with Crippen molar-refractivity contribution in [1.82, 2.24) is 15.5 Å². The Bertz CT molecular complexity index is 634. The van der Waals surface area contributed by atoms with Gasteiger partial charge in [0.15, 0.2) is 5.69 Å². The lowest BCUT2D eigenvalue weighted by molar-refractivity contribution is 0.0929. The number of carbonyl (C=O) groups is 1. The molecule has 6 nitrogen and oxygen atoms in total. The summed E-state index contributed by atoms with van der Waals surface area (Å²) in [5.41, 5.74) is 7.43. The van der Waals surface area contributed by atoms with E-state index in [4.69, 9.17) is 10.8 Å². The van der Waals surface area contributed by atoms with Crippen LogP contribution in [0.1, 0.15) is 37.2 Å². The Morgan fingerprint density at radius 1 is 1.48 bits per heavy atom. The molecule has 0 unspecified atom stereocenters. The van der Waals surface area contributed by atoms with Gasteiger partial charge in [0, 0.05) is 24.2 Å². The second-order valence-corrected chi connectivity index (χ2v) is 6.05. The van der Waals surface area contributed by atoms with Gasteiger partial charge in [-0.1, -0.05) is 13.8 Å². The molecule has 1 amide bonds.